The van der Waals surface area contributed by atoms with Gasteiger partial charge in [-0.15, -0.1) is 5.10 Å². The summed E-state index contributed by atoms with van der Waals surface area (Å²) in [5, 5.41) is 15.3. The van der Waals surface area contributed by atoms with Gasteiger partial charge in [0.1, 0.15) is 36.0 Å². The number of aromatic hydroxyl groups is 1. The molecule has 0 radical (unpaired) electrons. The van der Waals surface area contributed by atoms with Crippen molar-refractivity contribution in [3.8, 4) is 17.4 Å². The third-order valence-electron chi connectivity index (χ3n) is 5.28. The van der Waals surface area contributed by atoms with Crippen LogP contribution in [0.2, 0.25) is 0 Å². The third-order valence-corrected chi connectivity index (χ3v) is 6.37. The number of rotatable bonds is 5. The van der Waals surface area contributed by atoms with Crippen molar-refractivity contribution in [2.24, 2.45) is 0 Å². The zero-order chi connectivity index (χ0) is 20.7. The molecular weight excluding hydrogens is 392 g/mol. The molecule has 156 valence electrons. The SMILES string of the molecule is COc1ccc([C@@H](c2sc3nc(C)nn3c2O)[NH+]2C[C@@H](C)O[C@H](C)C2)cc1OC. The zero-order valence-corrected chi connectivity index (χ0v) is 18.1. The minimum Gasteiger partial charge on any atom is -0.493 e. The summed E-state index contributed by atoms with van der Waals surface area (Å²) >= 11 is 1.47. The number of morpholine rings is 1. The molecule has 3 aromatic rings. The number of benzene rings is 1. The van der Waals surface area contributed by atoms with Crippen molar-refractivity contribution in [3.05, 3.63) is 34.5 Å². The van der Waals surface area contributed by atoms with E-state index >= 15 is 0 Å². The highest BCUT2D eigenvalue weighted by atomic mass is 32.1. The third kappa shape index (κ3) is 3.65. The summed E-state index contributed by atoms with van der Waals surface area (Å²) in [7, 11) is 3.26. The van der Waals surface area contributed by atoms with E-state index in [1.807, 2.05) is 25.1 Å². The summed E-state index contributed by atoms with van der Waals surface area (Å²) in [6.45, 7) is 7.66. The number of methoxy groups -OCH3 is 2. The van der Waals surface area contributed by atoms with Crippen LogP contribution in [0.15, 0.2) is 18.2 Å². The maximum Gasteiger partial charge on any atom is 0.235 e. The predicted molar refractivity (Wildman–Crippen MR) is 109 cm³/mol. The first-order valence-electron chi connectivity index (χ1n) is 9.68. The van der Waals surface area contributed by atoms with Crippen LogP contribution in [0, 0.1) is 6.92 Å². The Balaban J connectivity index is 1.85. The normalized spacial score (nSPS) is 23.3. The van der Waals surface area contributed by atoms with Crippen LogP contribution in [0.1, 0.15) is 36.2 Å². The molecule has 1 aromatic carbocycles. The first-order chi connectivity index (χ1) is 13.9. The van der Waals surface area contributed by atoms with E-state index in [1.54, 1.807) is 14.2 Å². The largest absolute Gasteiger partial charge is 0.493 e. The highest BCUT2D eigenvalue weighted by Crippen LogP contribution is 2.38. The molecule has 4 rings (SSSR count). The van der Waals surface area contributed by atoms with Crippen LogP contribution < -0.4 is 14.4 Å². The van der Waals surface area contributed by atoms with Gasteiger partial charge in [0.05, 0.1) is 14.2 Å². The van der Waals surface area contributed by atoms with Crippen LogP contribution in [0.5, 0.6) is 17.4 Å². The van der Waals surface area contributed by atoms with Gasteiger partial charge in [0.2, 0.25) is 10.8 Å². The number of hydrogen-bond acceptors (Lipinski definition) is 7. The number of hydrogen-bond donors (Lipinski definition) is 2. The van der Waals surface area contributed by atoms with Crippen molar-refractivity contribution in [1.82, 2.24) is 14.6 Å². The molecule has 1 saturated heterocycles. The molecule has 0 saturated carbocycles. The molecule has 1 fully saturated rings. The Hall–Kier alpha value is -2.36. The van der Waals surface area contributed by atoms with Crippen molar-refractivity contribution in [1.29, 1.82) is 0 Å². The van der Waals surface area contributed by atoms with Crippen LogP contribution in [0.3, 0.4) is 0 Å². The summed E-state index contributed by atoms with van der Waals surface area (Å²) in [5.41, 5.74) is 1.04. The second-order valence-electron chi connectivity index (χ2n) is 7.51. The van der Waals surface area contributed by atoms with E-state index in [0.717, 1.165) is 23.5 Å². The van der Waals surface area contributed by atoms with Gasteiger partial charge in [-0.1, -0.05) is 11.3 Å². The quantitative estimate of drug-likeness (QED) is 0.654. The van der Waals surface area contributed by atoms with Gasteiger partial charge in [-0.05, 0) is 39.0 Å². The number of nitrogens with zero attached hydrogens (tertiary/aromatic N) is 3. The molecule has 3 heterocycles. The van der Waals surface area contributed by atoms with E-state index in [4.69, 9.17) is 14.2 Å². The Kier molecular flexibility index (Phi) is 5.37. The lowest BCUT2D eigenvalue weighted by Gasteiger charge is -2.37. The van der Waals surface area contributed by atoms with E-state index < -0.39 is 0 Å². The minimum absolute atomic E-state index is 0.0996. The number of fused-ring (bicyclic) bond motifs is 1. The van der Waals surface area contributed by atoms with Crippen molar-refractivity contribution in [2.45, 2.75) is 39.0 Å². The van der Waals surface area contributed by atoms with Crippen LogP contribution >= 0.6 is 11.3 Å². The monoisotopic (exact) mass is 419 g/mol. The molecule has 29 heavy (non-hydrogen) atoms. The average molecular weight is 420 g/mol. The molecule has 0 unspecified atom stereocenters. The van der Waals surface area contributed by atoms with Crippen molar-refractivity contribution >= 4 is 16.3 Å². The van der Waals surface area contributed by atoms with Gasteiger partial charge < -0.3 is 24.2 Å². The molecule has 0 spiro atoms. The Morgan fingerprint density at radius 1 is 1.21 bits per heavy atom. The van der Waals surface area contributed by atoms with Crippen LogP contribution in [0.4, 0.5) is 0 Å². The molecule has 1 aliphatic rings. The van der Waals surface area contributed by atoms with E-state index in [9.17, 15) is 5.11 Å². The van der Waals surface area contributed by atoms with Gasteiger partial charge in [-0.25, -0.2) is 4.98 Å². The first-order valence-corrected chi connectivity index (χ1v) is 10.5. The Labute approximate surface area is 173 Å². The maximum absolute atomic E-state index is 11.0. The van der Waals surface area contributed by atoms with Crippen molar-refractivity contribution in [2.75, 3.05) is 27.3 Å². The summed E-state index contributed by atoms with van der Waals surface area (Å²) in [5.74, 6) is 2.13. The van der Waals surface area contributed by atoms with E-state index in [0.29, 0.717) is 22.3 Å². The van der Waals surface area contributed by atoms with Crippen molar-refractivity contribution < 1.29 is 24.2 Å². The number of quaternary nitrogens is 1. The number of thiazole rings is 1. The standard InChI is InChI=1S/C20H26N4O4S/c1-11-9-23(10-12(2)28-11)17(14-6-7-15(26-4)16(8-14)27-5)18-19(25)24-20(29-18)21-13(3)22-24/h6-8,11-12,17,25H,9-10H2,1-5H3/p+1/t11-,12-,17+/m1/s1. The molecule has 0 bridgehead atoms. The maximum atomic E-state index is 11.0. The summed E-state index contributed by atoms with van der Waals surface area (Å²) < 4.78 is 18.4. The first kappa shape index (κ1) is 19.9. The molecule has 1 aliphatic heterocycles. The fourth-order valence-electron chi connectivity index (χ4n) is 4.19. The lowest BCUT2D eigenvalue weighted by molar-refractivity contribution is -0.939. The van der Waals surface area contributed by atoms with Gasteiger partial charge in [0.25, 0.3) is 0 Å². The Bertz CT molecular complexity index is 1010. The van der Waals surface area contributed by atoms with Gasteiger partial charge in [0.15, 0.2) is 17.5 Å². The van der Waals surface area contributed by atoms with E-state index in [1.165, 1.54) is 20.8 Å². The van der Waals surface area contributed by atoms with E-state index in [-0.39, 0.29) is 24.1 Å². The topological polar surface area (TPSA) is 82.6 Å². The summed E-state index contributed by atoms with van der Waals surface area (Å²) in [6, 6.07) is 5.83. The molecule has 2 aromatic heterocycles. The Morgan fingerprint density at radius 3 is 2.52 bits per heavy atom. The highest BCUT2D eigenvalue weighted by molar-refractivity contribution is 7.17. The molecular formula is C20H27N4O4S+. The summed E-state index contributed by atoms with van der Waals surface area (Å²) in [6.07, 6.45) is 0.255. The van der Waals surface area contributed by atoms with Gasteiger partial charge in [-0.2, -0.15) is 4.52 Å². The van der Waals surface area contributed by atoms with Crippen LogP contribution in [0.25, 0.3) is 4.96 Å². The van der Waals surface area contributed by atoms with Crippen LogP contribution in [-0.2, 0) is 4.74 Å². The molecule has 3 atom stereocenters. The molecule has 8 nitrogen and oxygen atoms in total. The number of ether oxygens (including phenoxy) is 3. The number of aromatic nitrogens is 3. The molecule has 2 N–H and O–H groups in total. The van der Waals surface area contributed by atoms with Gasteiger partial charge in [0, 0.05) is 5.56 Å². The lowest BCUT2D eigenvalue weighted by atomic mass is 10.0. The average Bonchev–Trinajstić information content (AvgIpc) is 3.18. The van der Waals surface area contributed by atoms with Gasteiger partial charge in [-0.3, -0.25) is 0 Å². The molecule has 0 amide bonds. The molecule has 9 heteroatoms. The number of aryl methyl sites for hydroxylation is 1. The fraction of sp³-hybridized carbons (Fsp3) is 0.500. The second kappa shape index (κ2) is 7.81. The highest BCUT2D eigenvalue weighted by Gasteiger charge is 2.37. The van der Waals surface area contributed by atoms with Gasteiger partial charge >= 0.3 is 0 Å². The smallest absolute Gasteiger partial charge is 0.235 e. The van der Waals surface area contributed by atoms with Crippen molar-refractivity contribution in [3.63, 3.8) is 0 Å². The Morgan fingerprint density at radius 2 is 1.90 bits per heavy atom. The summed E-state index contributed by atoms with van der Waals surface area (Å²) in [4.78, 5) is 7.28. The second-order valence-corrected chi connectivity index (χ2v) is 8.52. The zero-order valence-electron chi connectivity index (χ0n) is 17.3. The molecule has 0 aliphatic carbocycles. The fourth-order valence-corrected chi connectivity index (χ4v) is 5.38. The lowest BCUT2D eigenvalue weighted by Crippen LogP contribution is -3.15. The van der Waals surface area contributed by atoms with Crippen LogP contribution in [-0.4, -0.2) is 59.2 Å². The van der Waals surface area contributed by atoms with E-state index in [2.05, 4.69) is 23.9 Å². The predicted octanol–water partition coefficient (Wildman–Crippen LogP) is 1.60. The number of nitrogens with one attached hydrogen (secondary N) is 1. The minimum atomic E-state index is -0.0996.